The van der Waals surface area contributed by atoms with Crippen LogP contribution in [0.4, 0.5) is 0 Å². The van der Waals surface area contributed by atoms with Crippen molar-refractivity contribution < 1.29 is 19.2 Å². The molecule has 2 atom stereocenters. The zero-order valence-electron chi connectivity index (χ0n) is 12.4. The van der Waals surface area contributed by atoms with Gasteiger partial charge in [-0.3, -0.25) is 14.9 Å². The van der Waals surface area contributed by atoms with Gasteiger partial charge in [-0.15, -0.1) is 0 Å². The minimum atomic E-state index is -1.26. The molecule has 0 bridgehead atoms. The van der Waals surface area contributed by atoms with Gasteiger partial charge >= 0.3 is 5.97 Å². The average Bonchev–Trinajstić information content (AvgIpc) is 2.79. The van der Waals surface area contributed by atoms with Crippen molar-refractivity contribution in [1.82, 2.24) is 0 Å². The average molecular weight is 293 g/mol. The summed E-state index contributed by atoms with van der Waals surface area (Å²) in [4.78, 5) is 22.6. The number of esters is 1. The Morgan fingerprint density at radius 2 is 2.00 bits per heavy atom. The first kappa shape index (κ1) is 15.4. The van der Waals surface area contributed by atoms with Crippen LogP contribution in [0, 0.1) is 10.1 Å². The summed E-state index contributed by atoms with van der Waals surface area (Å²) in [5, 5.41) is 11.3. The molecule has 1 aromatic carbocycles. The van der Waals surface area contributed by atoms with Gasteiger partial charge in [-0.2, -0.15) is 0 Å². The first-order valence-corrected chi connectivity index (χ1v) is 6.92. The van der Waals surface area contributed by atoms with Crippen molar-refractivity contribution in [1.29, 1.82) is 0 Å². The first-order chi connectivity index (χ1) is 9.87. The third kappa shape index (κ3) is 2.90. The third-order valence-corrected chi connectivity index (χ3v) is 3.70. The molecule has 1 aliphatic heterocycles. The van der Waals surface area contributed by atoms with E-state index in [0.717, 1.165) is 11.1 Å². The predicted octanol–water partition coefficient (Wildman–Crippen LogP) is 2.81. The van der Waals surface area contributed by atoms with Gasteiger partial charge in [0.1, 0.15) is 0 Å². The van der Waals surface area contributed by atoms with E-state index in [2.05, 4.69) is 0 Å². The van der Waals surface area contributed by atoms with Gasteiger partial charge in [0.2, 0.25) is 5.54 Å². The smallest absolute Gasteiger partial charge is 0.308 e. The Labute approximate surface area is 123 Å². The van der Waals surface area contributed by atoms with Crippen molar-refractivity contribution >= 4 is 5.97 Å². The summed E-state index contributed by atoms with van der Waals surface area (Å²) < 4.78 is 10.8. The van der Waals surface area contributed by atoms with Crippen LogP contribution in [-0.2, 0) is 14.3 Å². The van der Waals surface area contributed by atoms with Gasteiger partial charge in [0, 0.05) is 18.8 Å². The Kier molecular flexibility index (Phi) is 4.27. The monoisotopic (exact) mass is 293 g/mol. The van der Waals surface area contributed by atoms with Crippen LogP contribution in [0.2, 0.25) is 0 Å². The fourth-order valence-electron chi connectivity index (χ4n) is 2.53. The molecule has 0 N–H and O–H groups in total. The maximum atomic E-state index is 11.7. The van der Waals surface area contributed by atoms with Crippen molar-refractivity contribution in [3.05, 3.63) is 45.5 Å². The largest absolute Gasteiger partial charge is 0.466 e. The molecule has 6 heteroatoms. The summed E-state index contributed by atoms with van der Waals surface area (Å²) in [5.74, 6) is -0.364. The summed E-state index contributed by atoms with van der Waals surface area (Å²) >= 11 is 0. The molecule has 0 saturated carbocycles. The molecule has 0 aliphatic carbocycles. The minimum absolute atomic E-state index is 0.0646. The number of carbonyl (C=O) groups is 1. The summed E-state index contributed by atoms with van der Waals surface area (Å²) in [6.07, 6.45) is -1.11. The fourth-order valence-corrected chi connectivity index (χ4v) is 2.53. The van der Waals surface area contributed by atoms with Crippen molar-refractivity contribution in [2.45, 2.75) is 44.9 Å². The maximum absolute atomic E-state index is 11.7. The molecule has 1 aliphatic rings. The number of hydrogen-bond donors (Lipinski definition) is 0. The molecule has 2 rings (SSSR count). The molecule has 0 radical (unpaired) electrons. The molecule has 6 nitrogen and oxygen atoms in total. The van der Waals surface area contributed by atoms with Crippen LogP contribution in [0.15, 0.2) is 24.3 Å². The first-order valence-electron chi connectivity index (χ1n) is 6.92. The Balaban J connectivity index is 2.30. The number of nitrogens with zero attached hydrogens (tertiary/aromatic N) is 1. The highest BCUT2D eigenvalue weighted by Gasteiger charge is 2.49. The summed E-state index contributed by atoms with van der Waals surface area (Å²) in [7, 11) is 0. The number of hydrogen-bond acceptors (Lipinski definition) is 5. The Morgan fingerprint density at radius 3 is 2.57 bits per heavy atom. The van der Waals surface area contributed by atoms with E-state index >= 15 is 0 Å². The number of ether oxygens (including phenoxy) is 2. The highest BCUT2D eigenvalue weighted by atomic mass is 16.6. The van der Waals surface area contributed by atoms with Crippen molar-refractivity contribution in [2.75, 3.05) is 6.61 Å². The normalized spacial score (nSPS) is 20.9. The van der Waals surface area contributed by atoms with Crippen LogP contribution in [0.5, 0.6) is 0 Å². The van der Waals surface area contributed by atoms with Gasteiger partial charge in [0.15, 0.2) is 6.10 Å². The second kappa shape index (κ2) is 5.81. The lowest BCUT2D eigenvalue weighted by Crippen LogP contribution is -2.38. The number of fused-ring (bicyclic) bond motifs is 1. The topological polar surface area (TPSA) is 78.7 Å². The van der Waals surface area contributed by atoms with E-state index < -0.39 is 17.7 Å². The maximum Gasteiger partial charge on any atom is 0.308 e. The molecule has 21 heavy (non-hydrogen) atoms. The third-order valence-electron chi connectivity index (χ3n) is 3.70. The molecule has 114 valence electrons. The molecule has 1 aromatic rings. The van der Waals surface area contributed by atoms with Crippen LogP contribution in [0.25, 0.3) is 0 Å². The number of benzene rings is 1. The molecular formula is C15H19NO5. The van der Waals surface area contributed by atoms with E-state index in [1.54, 1.807) is 6.92 Å². The van der Waals surface area contributed by atoms with Crippen LogP contribution >= 0.6 is 0 Å². The van der Waals surface area contributed by atoms with E-state index in [4.69, 9.17) is 9.47 Å². The lowest BCUT2D eigenvalue weighted by atomic mass is 9.90. The molecule has 0 fully saturated rings. The highest BCUT2D eigenvalue weighted by Crippen LogP contribution is 2.46. The van der Waals surface area contributed by atoms with Crippen LogP contribution in [-0.4, -0.2) is 23.0 Å². The fraction of sp³-hybridized carbons (Fsp3) is 0.533. The van der Waals surface area contributed by atoms with Crippen LogP contribution < -0.4 is 0 Å². The Morgan fingerprint density at radius 1 is 1.38 bits per heavy atom. The lowest BCUT2D eigenvalue weighted by Gasteiger charge is -2.23. The van der Waals surface area contributed by atoms with Crippen LogP contribution in [0.3, 0.4) is 0 Å². The van der Waals surface area contributed by atoms with E-state index in [-0.39, 0.29) is 17.3 Å². The van der Waals surface area contributed by atoms with Gasteiger partial charge < -0.3 is 9.47 Å². The quantitative estimate of drug-likeness (QED) is 0.474. The van der Waals surface area contributed by atoms with Gasteiger partial charge in [0.25, 0.3) is 0 Å². The predicted molar refractivity (Wildman–Crippen MR) is 75.3 cm³/mol. The molecule has 0 spiro atoms. The van der Waals surface area contributed by atoms with E-state index in [1.165, 1.54) is 13.8 Å². The molecule has 0 aromatic heterocycles. The SMILES string of the molecule is CCOC(=O)CC1OC(C(C)(C)[N+](=O)[O-])c2ccccc21. The second-order valence-corrected chi connectivity index (χ2v) is 5.55. The standard InChI is InChI=1S/C15H19NO5/c1-4-20-13(17)9-12-10-7-5-6-8-11(10)14(21-12)15(2,3)16(18)19/h5-8,12,14H,4,9H2,1-3H3. The van der Waals surface area contributed by atoms with Gasteiger partial charge in [-0.25, -0.2) is 0 Å². The van der Waals surface area contributed by atoms with Crippen molar-refractivity contribution in [3.63, 3.8) is 0 Å². The second-order valence-electron chi connectivity index (χ2n) is 5.55. The van der Waals surface area contributed by atoms with Crippen molar-refractivity contribution in [3.8, 4) is 0 Å². The Hall–Kier alpha value is -1.95. The molecular weight excluding hydrogens is 274 g/mol. The number of rotatable bonds is 5. The van der Waals surface area contributed by atoms with E-state index in [0.29, 0.717) is 6.61 Å². The zero-order chi connectivity index (χ0) is 15.6. The van der Waals surface area contributed by atoms with Gasteiger partial charge in [-0.1, -0.05) is 24.3 Å². The number of nitro groups is 1. The zero-order valence-corrected chi connectivity index (χ0v) is 12.4. The molecule has 2 unspecified atom stereocenters. The minimum Gasteiger partial charge on any atom is -0.466 e. The molecule has 1 heterocycles. The van der Waals surface area contributed by atoms with Crippen molar-refractivity contribution in [2.24, 2.45) is 0 Å². The summed E-state index contributed by atoms with van der Waals surface area (Å²) in [5.41, 5.74) is 0.332. The molecule has 0 saturated heterocycles. The summed E-state index contributed by atoms with van der Waals surface area (Å²) in [6.45, 7) is 5.10. The molecule has 0 amide bonds. The van der Waals surface area contributed by atoms with Gasteiger partial charge in [0.05, 0.1) is 19.1 Å². The lowest BCUT2D eigenvalue weighted by molar-refractivity contribution is -0.576. The summed E-state index contributed by atoms with van der Waals surface area (Å²) in [6, 6.07) is 7.31. The number of carbonyl (C=O) groups excluding carboxylic acids is 1. The van der Waals surface area contributed by atoms with Gasteiger partial charge in [-0.05, 0) is 18.1 Å². The van der Waals surface area contributed by atoms with Crippen LogP contribution in [0.1, 0.15) is 50.5 Å². The van der Waals surface area contributed by atoms with E-state index in [1.807, 2.05) is 24.3 Å². The Bertz CT molecular complexity index is 555. The van der Waals surface area contributed by atoms with E-state index in [9.17, 15) is 14.9 Å². The highest BCUT2D eigenvalue weighted by molar-refractivity contribution is 5.70.